The van der Waals surface area contributed by atoms with Crippen molar-refractivity contribution in [1.29, 1.82) is 0 Å². The lowest BCUT2D eigenvalue weighted by Crippen LogP contribution is -2.31. The number of rotatable bonds is 7. The zero-order chi connectivity index (χ0) is 21.8. The highest BCUT2D eigenvalue weighted by atomic mass is 16.5. The fourth-order valence-corrected chi connectivity index (χ4v) is 4.26. The number of H-pyrrole nitrogens is 1. The molecule has 1 amide bonds. The largest absolute Gasteiger partial charge is 0.492 e. The first-order valence-corrected chi connectivity index (χ1v) is 11.1. The van der Waals surface area contributed by atoms with Gasteiger partial charge >= 0.3 is 0 Å². The highest BCUT2D eigenvalue weighted by molar-refractivity contribution is 5.92. The van der Waals surface area contributed by atoms with E-state index in [1.165, 1.54) is 16.5 Å². The molecular weight excluding hydrogens is 402 g/mol. The van der Waals surface area contributed by atoms with Crippen molar-refractivity contribution in [2.45, 2.75) is 19.5 Å². The van der Waals surface area contributed by atoms with Gasteiger partial charge in [0.15, 0.2) is 0 Å². The molecule has 0 bridgehead atoms. The number of para-hydroxylation sites is 2. The SMILES string of the molecule is O=C(NCCOc1ccccc1)c1cnc2n1CCN(Cc1c[nH]c3ccccc13)CC2. The number of carbonyl (C=O) groups excluding carboxylic acids is 1. The average Bonchev–Trinajstić information content (AvgIpc) is 3.37. The molecule has 32 heavy (non-hydrogen) atoms. The molecule has 0 saturated carbocycles. The minimum Gasteiger partial charge on any atom is -0.492 e. The Balaban J connectivity index is 1.17. The van der Waals surface area contributed by atoms with Gasteiger partial charge in [0.05, 0.1) is 12.7 Å². The predicted molar refractivity (Wildman–Crippen MR) is 124 cm³/mol. The Labute approximate surface area is 187 Å². The van der Waals surface area contributed by atoms with Gasteiger partial charge in [0.25, 0.3) is 5.91 Å². The van der Waals surface area contributed by atoms with Gasteiger partial charge in [0.1, 0.15) is 23.9 Å². The first kappa shape index (κ1) is 20.3. The maximum absolute atomic E-state index is 12.7. The molecule has 4 aromatic rings. The number of ether oxygens (including phenoxy) is 1. The van der Waals surface area contributed by atoms with E-state index in [9.17, 15) is 4.79 Å². The molecule has 0 spiro atoms. The van der Waals surface area contributed by atoms with E-state index in [1.54, 1.807) is 6.20 Å². The molecule has 0 saturated heterocycles. The molecule has 1 aliphatic rings. The maximum Gasteiger partial charge on any atom is 0.269 e. The van der Waals surface area contributed by atoms with E-state index < -0.39 is 0 Å². The Morgan fingerprint density at radius 3 is 2.81 bits per heavy atom. The minimum atomic E-state index is -0.106. The number of aromatic amines is 1. The third kappa shape index (κ3) is 4.38. The fraction of sp³-hybridized carbons (Fsp3) is 0.280. The molecular formula is C25H27N5O2. The van der Waals surface area contributed by atoms with Crippen molar-refractivity contribution >= 4 is 16.8 Å². The van der Waals surface area contributed by atoms with Crippen LogP contribution >= 0.6 is 0 Å². The summed E-state index contributed by atoms with van der Waals surface area (Å²) in [5, 5.41) is 4.22. The summed E-state index contributed by atoms with van der Waals surface area (Å²) in [5.74, 6) is 1.66. The monoisotopic (exact) mass is 429 g/mol. The van der Waals surface area contributed by atoms with Crippen LogP contribution in [0.1, 0.15) is 21.9 Å². The maximum atomic E-state index is 12.7. The quantitative estimate of drug-likeness (QED) is 0.443. The molecule has 3 heterocycles. The number of nitrogens with one attached hydrogen (secondary N) is 2. The van der Waals surface area contributed by atoms with E-state index in [-0.39, 0.29) is 5.91 Å². The van der Waals surface area contributed by atoms with Crippen molar-refractivity contribution in [3.8, 4) is 5.75 Å². The summed E-state index contributed by atoms with van der Waals surface area (Å²) in [6.07, 6.45) is 4.62. The molecule has 2 N–H and O–H groups in total. The summed E-state index contributed by atoms with van der Waals surface area (Å²) in [4.78, 5) is 23.1. The van der Waals surface area contributed by atoms with Crippen LogP contribution in [0.3, 0.4) is 0 Å². The number of fused-ring (bicyclic) bond motifs is 2. The van der Waals surface area contributed by atoms with E-state index >= 15 is 0 Å². The average molecular weight is 430 g/mol. The number of hydrogen-bond acceptors (Lipinski definition) is 4. The lowest BCUT2D eigenvalue weighted by molar-refractivity contribution is 0.0937. The van der Waals surface area contributed by atoms with Crippen LogP contribution in [0, 0.1) is 0 Å². The fourth-order valence-electron chi connectivity index (χ4n) is 4.26. The standard InChI is InChI=1S/C25H27N5O2/c31-25(26-11-15-32-20-6-2-1-3-7-20)23-17-28-24-10-12-29(13-14-30(23)24)18-19-16-27-22-9-5-4-8-21(19)22/h1-9,16-17,27H,10-15,18H2,(H,26,31). The predicted octanol–water partition coefficient (Wildman–Crippen LogP) is 3.23. The van der Waals surface area contributed by atoms with Crippen LogP contribution in [0.4, 0.5) is 0 Å². The van der Waals surface area contributed by atoms with Gasteiger partial charge in [-0.05, 0) is 23.8 Å². The lowest BCUT2D eigenvalue weighted by Gasteiger charge is -2.19. The van der Waals surface area contributed by atoms with E-state index in [1.807, 2.05) is 36.4 Å². The first-order chi connectivity index (χ1) is 15.8. The van der Waals surface area contributed by atoms with Gasteiger partial charge < -0.3 is 19.6 Å². The Kier molecular flexibility index (Phi) is 5.89. The van der Waals surface area contributed by atoms with Crippen LogP contribution in [0.2, 0.25) is 0 Å². The number of nitrogens with zero attached hydrogens (tertiary/aromatic N) is 3. The second-order valence-electron chi connectivity index (χ2n) is 8.01. The minimum absolute atomic E-state index is 0.106. The van der Waals surface area contributed by atoms with E-state index in [0.717, 1.165) is 44.2 Å². The van der Waals surface area contributed by atoms with Crippen molar-refractivity contribution in [3.05, 3.63) is 84.1 Å². The van der Waals surface area contributed by atoms with Crippen molar-refractivity contribution in [3.63, 3.8) is 0 Å². The molecule has 0 fully saturated rings. The van der Waals surface area contributed by atoms with Crippen molar-refractivity contribution < 1.29 is 9.53 Å². The van der Waals surface area contributed by atoms with Gasteiger partial charge in [-0.15, -0.1) is 0 Å². The van der Waals surface area contributed by atoms with Crippen LogP contribution < -0.4 is 10.1 Å². The Morgan fingerprint density at radius 1 is 1.06 bits per heavy atom. The summed E-state index contributed by atoms with van der Waals surface area (Å²) in [5.41, 5.74) is 3.09. The van der Waals surface area contributed by atoms with Crippen molar-refractivity contribution in [2.75, 3.05) is 26.2 Å². The van der Waals surface area contributed by atoms with Crippen LogP contribution in [-0.2, 0) is 19.5 Å². The Hall–Kier alpha value is -3.58. The zero-order valence-corrected chi connectivity index (χ0v) is 18.0. The van der Waals surface area contributed by atoms with Crippen molar-refractivity contribution in [2.24, 2.45) is 0 Å². The summed E-state index contributed by atoms with van der Waals surface area (Å²) < 4.78 is 7.71. The summed E-state index contributed by atoms with van der Waals surface area (Å²) >= 11 is 0. The van der Waals surface area contributed by atoms with E-state index in [0.29, 0.717) is 18.8 Å². The van der Waals surface area contributed by atoms with Crippen LogP contribution in [0.25, 0.3) is 10.9 Å². The highest BCUT2D eigenvalue weighted by Crippen LogP contribution is 2.21. The number of carbonyl (C=O) groups is 1. The molecule has 1 aliphatic heterocycles. The lowest BCUT2D eigenvalue weighted by atomic mass is 10.1. The topological polar surface area (TPSA) is 75.2 Å². The molecule has 5 rings (SSSR count). The Bertz CT molecular complexity index is 1200. The molecule has 2 aromatic carbocycles. The molecule has 0 unspecified atom stereocenters. The van der Waals surface area contributed by atoms with Gasteiger partial charge in [-0.2, -0.15) is 0 Å². The highest BCUT2D eigenvalue weighted by Gasteiger charge is 2.21. The summed E-state index contributed by atoms with van der Waals surface area (Å²) in [6.45, 7) is 4.30. The molecule has 0 atom stereocenters. The van der Waals surface area contributed by atoms with Gasteiger partial charge in [0.2, 0.25) is 0 Å². The second-order valence-corrected chi connectivity index (χ2v) is 8.01. The van der Waals surface area contributed by atoms with E-state index in [2.05, 4.69) is 49.1 Å². The molecule has 0 aliphatic carbocycles. The molecule has 2 aromatic heterocycles. The molecule has 0 radical (unpaired) electrons. The van der Waals surface area contributed by atoms with Gasteiger partial charge in [0, 0.05) is 49.7 Å². The smallest absolute Gasteiger partial charge is 0.269 e. The molecule has 7 nitrogen and oxygen atoms in total. The third-order valence-electron chi connectivity index (χ3n) is 5.93. The molecule has 164 valence electrons. The third-order valence-corrected chi connectivity index (χ3v) is 5.93. The normalized spacial score (nSPS) is 14.1. The Morgan fingerprint density at radius 2 is 1.91 bits per heavy atom. The zero-order valence-electron chi connectivity index (χ0n) is 18.0. The second kappa shape index (κ2) is 9.28. The van der Waals surface area contributed by atoms with Gasteiger partial charge in [-0.3, -0.25) is 9.69 Å². The first-order valence-electron chi connectivity index (χ1n) is 11.1. The number of amides is 1. The molecule has 7 heteroatoms. The number of aromatic nitrogens is 3. The number of benzene rings is 2. The van der Waals surface area contributed by atoms with Gasteiger partial charge in [-0.25, -0.2) is 4.98 Å². The van der Waals surface area contributed by atoms with Gasteiger partial charge in [-0.1, -0.05) is 36.4 Å². The number of hydrogen-bond donors (Lipinski definition) is 2. The summed E-state index contributed by atoms with van der Waals surface area (Å²) in [6, 6.07) is 18.0. The number of imidazole rings is 1. The van der Waals surface area contributed by atoms with Crippen LogP contribution in [-0.4, -0.2) is 51.6 Å². The summed E-state index contributed by atoms with van der Waals surface area (Å²) in [7, 11) is 0. The van der Waals surface area contributed by atoms with Crippen LogP contribution in [0.15, 0.2) is 67.0 Å². The van der Waals surface area contributed by atoms with Crippen LogP contribution in [0.5, 0.6) is 5.75 Å². The van der Waals surface area contributed by atoms with E-state index in [4.69, 9.17) is 4.74 Å². The van der Waals surface area contributed by atoms with Crippen molar-refractivity contribution in [1.82, 2.24) is 24.8 Å².